The number of ether oxygens (including phenoxy) is 4. The molecule has 0 aliphatic carbocycles. The average Bonchev–Trinajstić information content (AvgIpc) is 0.970. The summed E-state index contributed by atoms with van der Waals surface area (Å²) in [6, 6.07) is 18.2. The highest BCUT2D eigenvalue weighted by Crippen LogP contribution is 2.42. The van der Waals surface area contributed by atoms with E-state index in [9.17, 15) is 19.5 Å². The van der Waals surface area contributed by atoms with Gasteiger partial charge in [-0.2, -0.15) is 9.97 Å². The third kappa shape index (κ3) is 12.9. The Labute approximate surface area is 528 Å². The summed E-state index contributed by atoms with van der Waals surface area (Å²) in [6.45, 7) is 21.4. The normalized spacial score (nSPS) is 21.5. The number of carbonyl (C=O) groups is 3. The van der Waals surface area contributed by atoms with E-state index >= 15 is 4.39 Å². The van der Waals surface area contributed by atoms with Crippen LogP contribution in [0.2, 0.25) is 0 Å². The summed E-state index contributed by atoms with van der Waals surface area (Å²) in [5.41, 5.74) is 5.95. The van der Waals surface area contributed by atoms with Crippen molar-refractivity contribution in [3.05, 3.63) is 101 Å². The van der Waals surface area contributed by atoms with Gasteiger partial charge in [-0.05, 0) is 106 Å². The molecule has 7 atom stereocenters. The molecule has 5 fully saturated rings. The van der Waals surface area contributed by atoms with Gasteiger partial charge in [0.1, 0.15) is 46.9 Å². The number of nitrogens with one attached hydrogen (secondary N) is 1. The van der Waals surface area contributed by atoms with Crippen molar-refractivity contribution in [1.29, 1.82) is 0 Å². The minimum atomic E-state index is -0.847. The number of benzene rings is 3. The lowest BCUT2D eigenvalue weighted by molar-refractivity contribution is -0.141. The number of hydrogen-bond donors (Lipinski definition) is 2. The van der Waals surface area contributed by atoms with Gasteiger partial charge in [-0.25, -0.2) is 14.2 Å². The first-order valence-electron chi connectivity index (χ1n) is 31.6. The van der Waals surface area contributed by atoms with Gasteiger partial charge in [0.2, 0.25) is 11.8 Å². The fraction of sp³-hybridized carbons (Fsp3) is 0.522. The number of piperazine rings is 2. The molecule has 0 radical (unpaired) electrons. The maximum absolute atomic E-state index is 17.8. The van der Waals surface area contributed by atoms with Crippen LogP contribution >= 0.6 is 11.3 Å². The van der Waals surface area contributed by atoms with E-state index in [1.54, 1.807) is 24.6 Å². The van der Waals surface area contributed by atoms with Gasteiger partial charge in [0, 0.05) is 96.2 Å². The Morgan fingerprint density at radius 2 is 1.69 bits per heavy atom. The highest BCUT2D eigenvalue weighted by atomic mass is 32.1. The van der Waals surface area contributed by atoms with Crippen LogP contribution in [0.15, 0.2) is 76.9 Å². The monoisotopic (exact) mass is 1250 g/mol. The number of aliphatic hydroxyl groups is 1. The zero-order valence-corrected chi connectivity index (χ0v) is 54.0. The zero-order valence-electron chi connectivity index (χ0n) is 53.1. The fourth-order valence-electron chi connectivity index (χ4n) is 13.8. The molecule has 2 bridgehead atoms. The number of β-amino-alcohol motifs (C(OH)–C–C–N with tert-alkyl or cyclic N) is 1. The number of pyridine rings is 1. The molecule has 21 nitrogen and oxygen atoms in total. The number of halogens is 1. The molecule has 2 N–H and O–H groups in total. The lowest BCUT2D eigenvalue weighted by atomic mass is 9.91. The summed E-state index contributed by atoms with van der Waals surface area (Å²) in [7, 11) is 3.64. The van der Waals surface area contributed by atoms with Gasteiger partial charge in [-0.1, -0.05) is 68.4 Å². The molecule has 7 aromatic rings. The molecule has 12 rings (SSSR count). The quantitative estimate of drug-likeness (QED) is 0.0721. The molecule has 9 heterocycles. The molecule has 0 saturated carbocycles. The summed E-state index contributed by atoms with van der Waals surface area (Å²) in [4.78, 5) is 74.7. The summed E-state index contributed by atoms with van der Waals surface area (Å²) in [5, 5.41) is 20.6. The second kappa shape index (κ2) is 26.0. The number of nitrogens with zero attached hydrogens (tertiary/aromatic N) is 11. The van der Waals surface area contributed by atoms with Gasteiger partial charge in [0.25, 0.3) is 0 Å². The lowest BCUT2D eigenvalue weighted by Gasteiger charge is -2.45. The Morgan fingerprint density at radius 3 is 2.39 bits per heavy atom. The summed E-state index contributed by atoms with van der Waals surface area (Å²) in [5.74, 6) is 0.316. The van der Waals surface area contributed by atoms with Crippen LogP contribution in [-0.2, 0) is 25.5 Å². The molecule has 90 heavy (non-hydrogen) atoms. The Kier molecular flexibility index (Phi) is 18.1. The molecule has 0 spiro atoms. The number of amides is 3. The maximum Gasteiger partial charge on any atom is 0.410 e. The molecule has 4 aromatic heterocycles. The standard InChI is InChI=1S/C67H83FN12O9S/c1-11-42-13-12-14-45-23-50(87-37-85-10)25-51(57(42)45)59-58(68)60-52(27-69-59)62(78-32-46-19-20-47(33-78)80(46)66(84)88-67(6,7)8)73-65(72-60)86-35-48-31-76(22-21-75(48)9)28-41-29-77(30-41)55-26-54(89-74-55)56(38(2)3)64(83)79-34-49(81)24-53(79)63(82)71-39(4)43-15-17-44(18-16-43)61-40(5)70-36-90-61/h12-18,23,25-27,36,38-39,41,46-49,53,56,81H,11,19-22,24,28-35,37H2,1-10H3,(H,71,82)/t39?,46?,47?,48-,49-,53+,56?/m1/s1. The number of aryl methyl sites for hydroxylation is 2. The van der Waals surface area contributed by atoms with Crippen LogP contribution in [-0.4, -0.2) is 190 Å². The Bertz CT molecular complexity index is 3750. The van der Waals surface area contributed by atoms with Gasteiger partial charge in [0.05, 0.1) is 51.7 Å². The fourth-order valence-corrected chi connectivity index (χ4v) is 14.6. The van der Waals surface area contributed by atoms with Crippen LogP contribution in [0.5, 0.6) is 11.8 Å². The molecule has 5 aliphatic heterocycles. The minimum Gasteiger partial charge on any atom is -0.468 e. The van der Waals surface area contributed by atoms with E-state index in [4.69, 9.17) is 38.4 Å². The van der Waals surface area contributed by atoms with Gasteiger partial charge >= 0.3 is 12.1 Å². The number of hydrogen-bond acceptors (Lipinski definition) is 19. The SMILES string of the molecule is CCc1cccc2cc(OCOC)cc(-c3ncc4c(N5CC6CCC(C5)N6C(=O)OC(C)(C)C)nc(OC[C@H]5CN(CC6CN(c7cc(C(C(=O)N8C[C@H](O)C[C@H]8C(=O)NC(C)c8ccc(-c9scnc9C)cc8)C(C)C)on7)C6)CCN5C)nc4c3F)c12. The van der Waals surface area contributed by atoms with E-state index in [0.717, 1.165) is 90.1 Å². The lowest BCUT2D eigenvalue weighted by Crippen LogP contribution is -2.58. The van der Waals surface area contributed by atoms with Crippen molar-refractivity contribution in [2.75, 3.05) is 96.3 Å². The van der Waals surface area contributed by atoms with Crippen LogP contribution in [0.3, 0.4) is 0 Å². The van der Waals surface area contributed by atoms with Crippen LogP contribution in [0.25, 0.3) is 43.4 Å². The van der Waals surface area contributed by atoms with Crippen LogP contribution < -0.4 is 24.6 Å². The topological polar surface area (TPSA) is 217 Å². The highest BCUT2D eigenvalue weighted by Gasteiger charge is 2.47. The number of aromatic nitrogens is 5. The number of thiazole rings is 1. The molecular formula is C67H83FN12O9S. The van der Waals surface area contributed by atoms with Crippen LogP contribution in [0, 0.1) is 24.6 Å². The number of aliphatic hydroxyl groups excluding tert-OH is 1. The highest BCUT2D eigenvalue weighted by molar-refractivity contribution is 7.13. The number of carbonyl (C=O) groups excluding carboxylic acids is 3. The van der Waals surface area contributed by atoms with E-state index in [2.05, 4.69) is 49.0 Å². The first-order valence-corrected chi connectivity index (χ1v) is 32.5. The summed E-state index contributed by atoms with van der Waals surface area (Å²) < 4.78 is 47.5. The number of methoxy groups -OCH3 is 1. The van der Waals surface area contributed by atoms with Crippen LogP contribution in [0.4, 0.5) is 20.8 Å². The van der Waals surface area contributed by atoms with E-state index in [-0.39, 0.29) is 91.6 Å². The van der Waals surface area contributed by atoms with E-state index in [0.29, 0.717) is 59.5 Å². The predicted octanol–water partition coefficient (Wildman–Crippen LogP) is 9.25. The predicted molar refractivity (Wildman–Crippen MR) is 342 cm³/mol. The molecule has 5 aliphatic rings. The van der Waals surface area contributed by atoms with Crippen molar-refractivity contribution in [3.63, 3.8) is 0 Å². The summed E-state index contributed by atoms with van der Waals surface area (Å²) >= 11 is 1.59. The average molecular weight is 1250 g/mol. The molecule has 5 saturated heterocycles. The molecule has 3 amide bonds. The van der Waals surface area contributed by atoms with Gasteiger partial charge in [-0.3, -0.25) is 29.3 Å². The second-order valence-corrected chi connectivity index (χ2v) is 27.2. The van der Waals surface area contributed by atoms with Gasteiger partial charge < -0.3 is 48.6 Å². The Morgan fingerprint density at radius 1 is 0.922 bits per heavy atom. The van der Waals surface area contributed by atoms with Crippen molar-refractivity contribution >= 4 is 62.6 Å². The van der Waals surface area contributed by atoms with Crippen molar-refractivity contribution < 1.29 is 47.4 Å². The number of likely N-dealkylation sites (N-methyl/N-ethyl adjacent to an activating group) is 1. The number of rotatable bonds is 19. The molecule has 3 aromatic carbocycles. The number of fused-ring (bicyclic) bond motifs is 4. The molecule has 23 heteroatoms. The maximum atomic E-state index is 17.8. The van der Waals surface area contributed by atoms with Crippen molar-refractivity contribution in [2.24, 2.45) is 11.8 Å². The van der Waals surface area contributed by atoms with E-state index < -0.39 is 29.5 Å². The van der Waals surface area contributed by atoms with Crippen molar-refractivity contribution in [3.8, 4) is 33.5 Å². The first kappa shape index (κ1) is 62.6. The smallest absolute Gasteiger partial charge is 0.410 e. The zero-order chi connectivity index (χ0) is 63.3. The van der Waals surface area contributed by atoms with Gasteiger partial charge in [0.15, 0.2) is 24.2 Å². The third-order valence-electron chi connectivity index (χ3n) is 18.5. The van der Waals surface area contributed by atoms with Crippen molar-refractivity contribution in [2.45, 2.75) is 129 Å². The number of likely N-dealkylation sites (tertiary alicyclic amines) is 1. The largest absolute Gasteiger partial charge is 0.468 e. The molecule has 478 valence electrons. The number of anilines is 2. The minimum absolute atomic E-state index is 0.0159. The third-order valence-corrected chi connectivity index (χ3v) is 19.5. The second-order valence-electron chi connectivity index (χ2n) is 26.4. The van der Waals surface area contributed by atoms with Crippen LogP contribution in [0.1, 0.15) is 102 Å². The first-order chi connectivity index (χ1) is 43.2. The van der Waals surface area contributed by atoms with E-state index in [1.807, 2.05) is 120 Å². The summed E-state index contributed by atoms with van der Waals surface area (Å²) in [6.07, 6.45) is 2.93. The van der Waals surface area contributed by atoms with Crippen molar-refractivity contribution in [1.82, 2.24) is 50.0 Å². The van der Waals surface area contributed by atoms with E-state index in [1.165, 1.54) is 4.90 Å². The molecule has 4 unspecified atom stereocenters. The van der Waals surface area contributed by atoms with Gasteiger partial charge in [-0.15, -0.1) is 11.3 Å². The Balaban J connectivity index is 0.716. The molecular weight excluding hydrogens is 1170 g/mol. The Hall–Kier alpha value is -7.57.